The summed E-state index contributed by atoms with van der Waals surface area (Å²) in [7, 11) is 0. The molecule has 2 aliphatic carbocycles. The minimum absolute atomic E-state index is 0.127. The first-order chi connectivity index (χ1) is 12.2. The molecule has 140 valence electrons. The predicted octanol–water partition coefficient (Wildman–Crippen LogP) is 3.05. The Balaban J connectivity index is 1.51. The second-order valence-corrected chi connectivity index (χ2v) is 7.57. The highest BCUT2D eigenvalue weighted by molar-refractivity contribution is 5.75. The van der Waals surface area contributed by atoms with Gasteiger partial charge in [-0.15, -0.1) is 0 Å². The summed E-state index contributed by atoms with van der Waals surface area (Å²) in [6.07, 6.45) is 12.4. The largest absolute Gasteiger partial charge is 0.339 e. The van der Waals surface area contributed by atoms with Gasteiger partial charge in [-0.25, -0.2) is 5.48 Å². The Morgan fingerprint density at radius 1 is 1.24 bits per heavy atom. The third-order valence-electron chi connectivity index (χ3n) is 5.41. The zero-order valence-corrected chi connectivity index (χ0v) is 14.9. The van der Waals surface area contributed by atoms with Crippen LogP contribution < -0.4 is 10.8 Å². The fraction of sp³-hybridized carbons (Fsp3) is 0.833. The first kappa shape index (κ1) is 18.3. The van der Waals surface area contributed by atoms with Gasteiger partial charge >= 0.3 is 0 Å². The maximum absolute atomic E-state index is 11.6. The van der Waals surface area contributed by atoms with Crippen LogP contribution in [0.2, 0.25) is 0 Å². The summed E-state index contributed by atoms with van der Waals surface area (Å²) in [6.45, 7) is 0.606. The molecule has 3 N–H and O–H groups in total. The number of amides is 1. The van der Waals surface area contributed by atoms with Crippen molar-refractivity contribution in [3.8, 4) is 0 Å². The van der Waals surface area contributed by atoms with Crippen molar-refractivity contribution in [1.29, 1.82) is 0 Å². The molecule has 25 heavy (non-hydrogen) atoms. The van der Waals surface area contributed by atoms with Crippen molar-refractivity contribution in [3.63, 3.8) is 0 Å². The summed E-state index contributed by atoms with van der Waals surface area (Å²) in [6, 6.07) is 0.591. The van der Waals surface area contributed by atoms with Gasteiger partial charge in [-0.1, -0.05) is 50.1 Å². The number of hydroxylamine groups is 1. The van der Waals surface area contributed by atoms with E-state index in [4.69, 9.17) is 9.73 Å². The van der Waals surface area contributed by atoms with Crippen LogP contribution in [0.3, 0.4) is 0 Å². The van der Waals surface area contributed by atoms with E-state index in [1.807, 2.05) is 0 Å². The molecule has 2 saturated carbocycles. The third-order valence-corrected chi connectivity index (χ3v) is 5.41. The molecule has 0 radical (unpaired) electrons. The first-order valence-corrected chi connectivity index (χ1v) is 9.73. The highest BCUT2D eigenvalue weighted by atomic mass is 16.5. The standard InChI is InChI=1S/C18H30N4O3/c23-17(21-24)11-14(8-4-7-13-5-2-1-3-6-13)18-20-16(22-25-18)12-19-15-9-10-15/h13-15,19,24H,1-12H2,(H,21,23). The van der Waals surface area contributed by atoms with Crippen LogP contribution >= 0.6 is 0 Å². The number of carbonyl (C=O) groups is 1. The van der Waals surface area contributed by atoms with E-state index in [-0.39, 0.29) is 12.3 Å². The molecule has 1 amide bonds. The summed E-state index contributed by atoms with van der Waals surface area (Å²) >= 11 is 0. The van der Waals surface area contributed by atoms with Gasteiger partial charge in [0, 0.05) is 18.4 Å². The van der Waals surface area contributed by atoms with Crippen molar-refractivity contribution < 1.29 is 14.5 Å². The monoisotopic (exact) mass is 350 g/mol. The van der Waals surface area contributed by atoms with Gasteiger partial charge in [0.1, 0.15) is 0 Å². The highest BCUT2D eigenvalue weighted by Crippen LogP contribution is 2.31. The van der Waals surface area contributed by atoms with Crippen molar-refractivity contribution in [3.05, 3.63) is 11.7 Å². The van der Waals surface area contributed by atoms with Gasteiger partial charge in [0.05, 0.1) is 6.54 Å². The molecular weight excluding hydrogens is 320 g/mol. The van der Waals surface area contributed by atoms with Crippen molar-refractivity contribution in [2.24, 2.45) is 5.92 Å². The van der Waals surface area contributed by atoms with Crippen LogP contribution in [0.25, 0.3) is 0 Å². The summed E-state index contributed by atoms with van der Waals surface area (Å²) in [4.78, 5) is 16.1. The van der Waals surface area contributed by atoms with E-state index in [1.165, 1.54) is 51.4 Å². The topological polar surface area (TPSA) is 100 Å². The average molecular weight is 350 g/mol. The average Bonchev–Trinajstić information content (AvgIpc) is 3.36. The van der Waals surface area contributed by atoms with Crippen LogP contribution in [0.5, 0.6) is 0 Å². The van der Waals surface area contributed by atoms with E-state index >= 15 is 0 Å². The summed E-state index contributed by atoms with van der Waals surface area (Å²) in [5, 5.41) is 16.2. The lowest BCUT2D eigenvalue weighted by molar-refractivity contribution is -0.129. The zero-order chi connectivity index (χ0) is 17.5. The molecule has 7 heteroatoms. The Labute approximate surface area is 148 Å². The highest BCUT2D eigenvalue weighted by Gasteiger charge is 2.24. The Morgan fingerprint density at radius 3 is 2.76 bits per heavy atom. The normalized spacial score (nSPS) is 19.7. The van der Waals surface area contributed by atoms with E-state index in [0.717, 1.165) is 18.8 Å². The second-order valence-electron chi connectivity index (χ2n) is 7.57. The quantitative estimate of drug-likeness (QED) is 0.443. The molecule has 0 bridgehead atoms. The SMILES string of the molecule is O=C(CC(CCCC1CCCCC1)c1nc(CNC2CC2)no1)NO. The molecule has 1 aromatic rings. The van der Waals surface area contributed by atoms with Crippen LogP contribution in [0.15, 0.2) is 4.52 Å². The maximum Gasteiger partial charge on any atom is 0.244 e. The maximum atomic E-state index is 11.6. The molecule has 2 fully saturated rings. The molecule has 1 heterocycles. The van der Waals surface area contributed by atoms with E-state index in [0.29, 0.717) is 24.3 Å². The number of carbonyl (C=O) groups excluding carboxylic acids is 1. The van der Waals surface area contributed by atoms with Gasteiger partial charge in [0.15, 0.2) is 5.82 Å². The Morgan fingerprint density at radius 2 is 2.04 bits per heavy atom. The first-order valence-electron chi connectivity index (χ1n) is 9.73. The van der Waals surface area contributed by atoms with Crippen LogP contribution in [0.1, 0.15) is 88.3 Å². The minimum Gasteiger partial charge on any atom is -0.339 e. The number of aromatic nitrogens is 2. The van der Waals surface area contributed by atoms with Crippen molar-refractivity contribution in [2.75, 3.05) is 0 Å². The van der Waals surface area contributed by atoms with Crippen molar-refractivity contribution >= 4 is 5.91 Å². The lowest BCUT2D eigenvalue weighted by Crippen LogP contribution is -2.21. The lowest BCUT2D eigenvalue weighted by Gasteiger charge is -2.22. The number of nitrogens with one attached hydrogen (secondary N) is 2. The van der Waals surface area contributed by atoms with E-state index < -0.39 is 5.91 Å². The lowest BCUT2D eigenvalue weighted by atomic mass is 9.84. The Bertz CT molecular complexity index is 538. The molecule has 1 atom stereocenters. The molecule has 0 aromatic carbocycles. The number of hydrogen-bond donors (Lipinski definition) is 3. The van der Waals surface area contributed by atoms with Crippen LogP contribution in [-0.2, 0) is 11.3 Å². The third kappa shape index (κ3) is 6.08. The van der Waals surface area contributed by atoms with Gasteiger partial charge < -0.3 is 9.84 Å². The number of rotatable bonds is 10. The molecule has 0 saturated heterocycles. The fourth-order valence-electron chi connectivity index (χ4n) is 3.74. The molecule has 1 unspecified atom stereocenters. The predicted molar refractivity (Wildman–Crippen MR) is 91.9 cm³/mol. The number of nitrogens with zero attached hydrogens (tertiary/aromatic N) is 2. The van der Waals surface area contributed by atoms with Crippen LogP contribution in [0, 0.1) is 5.92 Å². The molecule has 7 nitrogen and oxygen atoms in total. The van der Waals surface area contributed by atoms with Crippen LogP contribution in [0.4, 0.5) is 0 Å². The molecule has 1 aromatic heterocycles. The molecule has 3 rings (SSSR count). The van der Waals surface area contributed by atoms with Gasteiger partial charge in [-0.05, 0) is 25.2 Å². The second kappa shape index (κ2) is 9.29. The Kier molecular flexibility index (Phi) is 6.81. The zero-order valence-electron chi connectivity index (χ0n) is 14.9. The summed E-state index contributed by atoms with van der Waals surface area (Å²) in [5.41, 5.74) is 1.72. The van der Waals surface area contributed by atoms with Crippen molar-refractivity contribution in [2.45, 2.75) is 89.1 Å². The van der Waals surface area contributed by atoms with Gasteiger partial charge in [0.25, 0.3) is 0 Å². The molecule has 2 aliphatic rings. The van der Waals surface area contributed by atoms with Gasteiger partial charge in [-0.2, -0.15) is 4.98 Å². The van der Waals surface area contributed by atoms with E-state index in [9.17, 15) is 4.79 Å². The minimum atomic E-state index is -0.404. The summed E-state index contributed by atoms with van der Waals surface area (Å²) in [5.74, 6) is 1.45. The van der Waals surface area contributed by atoms with Gasteiger partial charge in [-0.3, -0.25) is 10.0 Å². The van der Waals surface area contributed by atoms with E-state index in [1.54, 1.807) is 5.48 Å². The molecule has 0 aliphatic heterocycles. The summed E-state index contributed by atoms with van der Waals surface area (Å²) < 4.78 is 5.40. The van der Waals surface area contributed by atoms with E-state index in [2.05, 4.69) is 15.5 Å². The number of hydrogen-bond acceptors (Lipinski definition) is 6. The Hall–Kier alpha value is -1.47. The fourth-order valence-corrected chi connectivity index (χ4v) is 3.74. The molecule has 0 spiro atoms. The molecular formula is C18H30N4O3. The van der Waals surface area contributed by atoms with Gasteiger partial charge in [0.2, 0.25) is 11.8 Å². The van der Waals surface area contributed by atoms with Crippen LogP contribution in [-0.4, -0.2) is 27.3 Å². The smallest absolute Gasteiger partial charge is 0.244 e. The van der Waals surface area contributed by atoms with Crippen molar-refractivity contribution in [1.82, 2.24) is 20.9 Å².